The second kappa shape index (κ2) is 27.2. The van der Waals surface area contributed by atoms with E-state index in [9.17, 15) is 19.2 Å². The van der Waals surface area contributed by atoms with Gasteiger partial charge >= 0.3 is 0 Å². The van der Waals surface area contributed by atoms with Gasteiger partial charge in [-0.25, -0.2) is 0 Å². The molecule has 4 aromatic rings. The lowest BCUT2D eigenvalue weighted by molar-refractivity contribution is -0.123. The van der Waals surface area contributed by atoms with Crippen molar-refractivity contribution in [3.8, 4) is 45.5 Å². The zero-order valence-corrected chi connectivity index (χ0v) is 44.4. The molecule has 4 amide bonds. The predicted molar refractivity (Wildman–Crippen MR) is 273 cm³/mol. The minimum atomic E-state index is -0.308. The van der Waals surface area contributed by atoms with Crippen LogP contribution in [0.2, 0.25) is 0 Å². The third kappa shape index (κ3) is 17.1. The fraction of sp³-hybridized carbons (Fsp3) is 0.585. The topological polar surface area (TPSA) is 189 Å². The molecule has 0 radical (unpaired) electrons. The summed E-state index contributed by atoms with van der Waals surface area (Å²) in [5, 5.41) is 21.2. The van der Waals surface area contributed by atoms with Gasteiger partial charge in [0.2, 0.25) is 11.8 Å². The Morgan fingerprint density at radius 3 is 1.25 bits per heavy atom. The molecule has 0 aliphatic carbocycles. The fourth-order valence-corrected chi connectivity index (χ4v) is 7.96. The SMILES string of the molecule is COc1cccc(OC)c1-c1cc(C(=O)N[C@H](CC(=O)NC(C)C)CC(C)C)nn1C(C)C(C)C.COc1cccc(OC)c1-c1cc(C(=O)N[C@H](CC(=O)NC(C)C)CC(C)C)nn1CC(C)C. The van der Waals surface area contributed by atoms with Crippen LogP contribution in [-0.2, 0) is 16.1 Å². The molecule has 2 aromatic heterocycles. The fourth-order valence-electron chi connectivity index (χ4n) is 7.96. The molecule has 4 N–H and O–H groups in total. The molecule has 0 saturated carbocycles. The Hall–Kier alpha value is -6.06. The first-order valence-corrected chi connectivity index (χ1v) is 24.3. The summed E-state index contributed by atoms with van der Waals surface area (Å²) < 4.78 is 26.1. The summed E-state index contributed by atoms with van der Waals surface area (Å²) in [5.41, 5.74) is 3.55. The molecule has 382 valence electrons. The molecule has 1 unspecified atom stereocenters. The van der Waals surface area contributed by atoms with Crippen molar-refractivity contribution in [3.63, 3.8) is 0 Å². The van der Waals surface area contributed by atoms with E-state index >= 15 is 0 Å². The number of nitrogens with one attached hydrogen (secondary N) is 4. The van der Waals surface area contributed by atoms with E-state index in [1.165, 1.54) is 0 Å². The summed E-state index contributed by atoms with van der Waals surface area (Å²) in [6, 6.07) is 14.2. The molecular weight excluding hydrogens is 877 g/mol. The molecule has 69 heavy (non-hydrogen) atoms. The molecule has 0 aliphatic heterocycles. The maximum absolute atomic E-state index is 13.4. The Kier molecular flexibility index (Phi) is 22.6. The van der Waals surface area contributed by atoms with E-state index in [4.69, 9.17) is 24.0 Å². The molecule has 0 aliphatic rings. The van der Waals surface area contributed by atoms with Crippen molar-refractivity contribution in [2.75, 3.05) is 28.4 Å². The summed E-state index contributed by atoms with van der Waals surface area (Å²) in [7, 11) is 6.43. The highest BCUT2D eigenvalue weighted by molar-refractivity contribution is 5.95. The van der Waals surface area contributed by atoms with Crippen molar-refractivity contribution in [1.82, 2.24) is 40.8 Å². The highest BCUT2D eigenvalue weighted by Gasteiger charge is 2.28. The van der Waals surface area contributed by atoms with Gasteiger partial charge in [-0.15, -0.1) is 0 Å². The highest BCUT2D eigenvalue weighted by Crippen LogP contribution is 2.41. The Labute approximate surface area is 411 Å². The average Bonchev–Trinajstić information content (AvgIpc) is 3.89. The molecule has 0 saturated heterocycles. The molecule has 16 nitrogen and oxygen atoms in total. The van der Waals surface area contributed by atoms with Gasteiger partial charge in [0.15, 0.2) is 11.4 Å². The summed E-state index contributed by atoms with van der Waals surface area (Å²) >= 11 is 0. The zero-order valence-electron chi connectivity index (χ0n) is 44.4. The van der Waals surface area contributed by atoms with E-state index in [1.807, 2.05) is 73.5 Å². The minimum Gasteiger partial charge on any atom is -0.496 e. The Bertz CT molecular complexity index is 2230. The van der Waals surface area contributed by atoms with Crippen molar-refractivity contribution >= 4 is 23.6 Å². The van der Waals surface area contributed by atoms with Crippen molar-refractivity contribution in [1.29, 1.82) is 0 Å². The smallest absolute Gasteiger partial charge is 0.272 e. The first kappa shape index (κ1) is 57.3. The number of carbonyl (C=O) groups is 4. The van der Waals surface area contributed by atoms with Gasteiger partial charge in [-0.05, 0) is 108 Å². The van der Waals surface area contributed by atoms with E-state index in [1.54, 1.807) is 40.6 Å². The number of hydrogen-bond acceptors (Lipinski definition) is 10. The van der Waals surface area contributed by atoms with Gasteiger partial charge in [-0.2, -0.15) is 10.2 Å². The van der Waals surface area contributed by atoms with Gasteiger partial charge in [-0.1, -0.05) is 67.5 Å². The van der Waals surface area contributed by atoms with Crippen LogP contribution in [0.15, 0.2) is 48.5 Å². The van der Waals surface area contributed by atoms with Crippen LogP contribution in [0.4, 0.5) is 0 Å². The lowest BCUT2D eigenvalue weighted by Gasteiger charge is -2.21. The lowest BCUT2D eigenvalue weighted by Crippen LogP contribution is -2.41. The first-order valence-electron chi connectivity index (χ1n) is 24.3. The summed E-state index contributed by atoms with van der Waals surface area (Å²) in [6.45, 7) is 27.1. The van der Waals surface area contributed by atoms with Gasteiger partial charge in [-0.3, -0.25) is 28.5 Å². The second-order valence-corrected chi connectivity index (χ2v) is 19.9. The average molecular weight is 959 g/mol. The number of rotatable bonds is 24. The quantitative estimate of drug-likeness (QED) is 0.0527. The van der Waals surface area contributed by atoms with Crippen molar-refractivity contribution in [2.45, 2.75) is 152 Å². The van der Waals surface area contributed by atoms with E-state index in [2.05, 4.69) is 88.7 Å². The highest BCUT2D eigenvalue weighted by atomic mass is 16.5. The molecule has 0 fully saturated rings. The molecular formula is C53H82N8O8. The van der Waals surface area contributed by atoms with E-state index in [0.717, 1.165) is 22.5 Å². The van der Waals surface area contributed by atoms with Crippen LogP contribution in [0.25, 0.3) is 22.5 Å². The standard InChI is InChI=1S/C27H42N4O4.C26H40N4O4/c1-16(2)13-20(14-25(32)28-18(5)6)29-27(33)21-15-22(31(30-21)19(7)17(3)4)26-23(34-8)11-10-12-24(26)35-9;1-16(2)12-19(13-24(31)27-18(5)6)28-26(32)20-14-21(30(29-20)15-17(3)4)25-22(33-7)10-9-11-23(25)34-8/h10-12,15-20H,13-14H2,1-9H3,(H,28,32)(H,29,33);9-11,14,16-19H,12-13,15H2,1-8H3,(H,27,31)(H,28,32)/t19?,20-;19-/m00/s1. The number of benzene rings is 2. The van der Waals surface area contributed by atoms with Crippen LogP contribution in [0.5, 0.6) is 23.0 Å². The van der Waals surface area contributed by atoms with Gasteiger partial charge < -0.3 is 40.2 Å². The van der Waals surface area contributed by atoms with Gasteiger partial charge in [0, 0.05) is 43.6 Å². The van der Waals surface area contributed by atoms with E-state index in [-0.39, 0.29) is 72.6 Å². The van der Waals surface area contributed by atoms with E-state index < -0.39 is 0 Å². The Morgan fingerprint density at radius 1 is 0.522 bits per heavy atom. The van der Waals surface area contributed by atoms with Crippen molar-refractivity contribution in [2.24, 2.45) is 23.7 Å². The number of nitrogens with zero attached hydrogens (tertiary/aromatic N) is 4. The molecule has 2 aromatic carbocycles. The first-order chi connectivity index (χ1) is 32.5. The van der Waals surface area contributed by atoms with Crippen LogP contribution in [0, 0.1) is 23.7 Å². The second-order valence-electron chi connectivity index (χ2n) is 19.9. The maximum atomic E-state index is 13.4. The van der Waals surface area contributed by atoms with E-state index in [0.29, 0.717) is 71.5 Å². The lowest BCUT2D eigenvalue weighted by atomic mass is 10.0. The number of amides is 4. The number of hydrogen-bond donors (Lipinski definition) is 4. The number of carbonyl (C=O) groups excluding carboxylic acids is 4. The van der Waals surface area contributed by atoms with Gasteiger partial charge in [0.25, 0.3) is 11.8 Å². The van der Waals surface area contributed by atoms with Crippen LogP contribution < -0.4 is 40.2 Å². The van der Waals surface area contributed by atoms with Crippen molar-refractivity contribution < 1.29 is 38.1 Å². The van der Waals surface area contributed by atoms with Crippen LogP contribution in [0.1, 0.15) is 143 Å². The third-order valence-electron chi connectivity index (χ3n) is 11.2. The largest absolute Gasteiger partial charge is 0.496 e. The Balaban J connectivity index is 0.000000365. The molecule has 3 atom stereocenters. The number of methoxy groups -OCH3 is 4. The molecule has 0 spiro atoms. The van der Waals surface area contributed by atoms with Crippen LogP contribution in [-0.4, -0.2) is 95.8 Å². The predicted octanol–water partition coefficient (Wildman–Crippen LogP) is 9.13. The molecule has 4 rings (SSSR count). The van der Waals surface area contributed by atoms with Gasteiger partial charge in [0.05, 0.1) is 57.0 Å². The summed E-state index contributed by atoms with van der Waals surface area (Å²) in [4.78, 5) is 51.4. The maximum Gasteiger partial charge on any atom is 0.272 e. The normalized spacial score (nSPS) is 12.7. The summed E-state index contributed by atoms with van der Waals surface area (Å²) in [5.74, 6) is 3.01. The molecule has 2 heterocycles. The summed E-state index contributed by atoms with van der Waals surface area (Å²) in [6.07, 6.45) is 1.82. The number of ether oxygens (including phenoxy) is 4. The number of aromatic nitrogens is 4. The van der Waals surface area contributed by atoms with Gasteiger partial charge in [0.1, 0.15) is 23.0 Å². The van der Waals surface area contributed by atoms with Crippen LogP contribution in [0.3, 0.4) is 0 Å². The van der Waals surface area contributed by atoms with Crippen molar-refractivity contribution in [3.05, 3.63) is 59.9 Å². The third-order valence-corrected chi connectivity index (χ3v) is 11.2. The monoisotopic (exact) mass is 959 g/mol. The van der Waals surface area contributed by atoms with Crippen LogP contribution >= 0.6 is 0 Å². The minimum absolute atomic E-state index is 0.0180. The molecule has 16 heteroatoms. The zero-order chi connectivity index (χ0) is 51.7. The Morgan fingerprint density at radius 2 is 0.899 bits per heavy atom. The molecule has 0 bridgehead atoms.